The monoisotopic (exact) mass is 391 g/mol. The molecule has 0 bridgehead atoms. The Labute approximate surface area is 158 Å². The number of nitrogens with zero attached hydrogens (tertiary/aromatic N) is 3. The molecule has 2 aliphatic heterocycles. The minimum atomic E-state index is -3.65. The molecule has 1 saturated heterocycles. The van der Waals surface area contributed by atoms with Gasteiger partial charge in [-0.3, -0.25) is 4.98 Å². The predicted octanol–water partition coefficient (Wildman–Crippen LogP) is 1.87. The fraction of sp³-hybridized carbons (Fsp3) is 0.444. The molecule has 27 heavy (non-hydrogen) atoms. The highest BCUT2D eigenvalue weighted by molar-refractivity contribution is 7.89. The van der Waals surface area contributed by atoms with Crippen molar-refractivity contribution in [3.05, 3.63) is 36.8 Å². The van der Waals surface area contributed by atoms with Crippen LogP contribution in [0.1, 0.15) is 19.3 Å². The normalized spacial score (nSPS) is 20.7. The molecular weight excluding hydrogens is 370 g/mol. The van der Waals surface area contributed by atoms with E-state index >= 15 is 0 Å². The van der Waals surface area contributed by atoms with E-state index in [0.717, 1.165) is 12.8 Å². The third-order valence-electron chi connectivity index (χ3n) is 4.52. The summed E-state index contributed by atoms with van der Waals surface area (Å²) in [7, 11) is -3.65. The summed E-state index contributed by atoms with van der Waals surface area (Å²) in [6, 6.07) is 4.77. The van der Waals surface area contributed by atoms with Gasteiger partial charge in [0, 0.05) is 31.4 Å². The molecule has 0 amide bonds. The van der Waals surface area contributed by atoms with Crippen molar-refractivity contribution in [2.45, 2.75) is 30.3 Å². The van der Waals surface area contributed by atoms with Crippen molar-refractivity contribution in [2.24, 2.45) is 0 Å². The number of ether oxygens (including phenoxy) is 3. The van der Waals surface area contributed by atoms with Crippen LogP contribution in [0.3, 0.4) is 0 Å². The highest BCUT2D eigenvalue weighted by atomic mass is 32.2. The first-order valence-corrected chi connectivity index (χ1v) is 10.4. The Morgan fingerprint density at radius 2 is 1.96 bits per heavy atom. The molecule has 2 aromatic rings. The van der Waals surface area contributed by atoms with Gasteiger partial charge >= 0.3 is 0 Å². The van der Waals surface area contributed by atoms with Gasteiger partial charge in [-0.25, -0.2) is 13.4 Å². The summed E-state index contributed by atoms with van der Waals surface area (Å²) in [5, 5.41) is 0. The molecule has 0 aliphatic carbocycles. The van der Waals surface area contributed by atoms with Crippen LogP contribution in [0.25, 0.3) is 0 Å². The van der Waals surface area contributed by atoms with Gasteiger partial charge in [0.15, 0.2) is 11.5 Å². The Morgan fingerprint density at radius 1 is 1.11 bits per heavy atom. The largest absolute Gasteiger partial charge is 0.490 e. The number of rotatable bonds is 4. The molecule has 8 nitrogen and oxygen atoms in total. The van der Waals surface area contributed by atoms with Gasteiger partial charge in [-0.1, -0.05) is 0 Å². The van der Waals surface area contributed by atoms with Crippen LogP contribution in [0.5, 0.6) is 17.4 Å². The maximum absolute atomic E-state index is 13.1. The number of sulfonamides is 1. The summed E-state index contributed by atoms with van der Waals surface area (Å²) in [5.41, 5.74) is 0. The Balaban J connectivity index is 1.52. The van der Waals surface area contributed by atoms with Crippen molar-refractivity contribution in [1.29, 1.82) is 0 Å². The zero-order valence-electron chi connectivity index (χ0n) is 14.8. The molecule has 1 atom stereocenters. The van der Waals surface area contributed by atoms with E-state index < -0.39 is 10.0 Å². The highest BCUT2D eigenvalue weighted by Crippen LogP contribution is 2.33. The molecule has 0 unspecified atom stereocenters. The number of benzene rings is 1. The average molecular weight is 391 g/mol. The Kier molecular flexibility index (Phi) is 5.13. The summed E-state index contributed by atoms with van der Waals surface area (Å²) < 4.78 is 44.7. The number of fused-ring (bicyclic) bond motifs is 1. The van der Waals surface area contributed by atoms with Gasteiger partial charge < -0.3 is 14.2 Å². The second kappa shape index (κ2) is 7.69. The second-order valence-corrected chi connectivity index (χ2v) is 8.39. The summed E-state index contributed by atoms with van der Waals surface area (Å²) in [6.07, 6.45) is 6.63. The summed E-state index contributed by atoms with van der Waals surface area (Å²) in [6.45, 7) is 1.80. The fourth-order valence-corrected chi connectivity index (χ4v) is 4.72. The average Bonchev–Trinajstić information content (AvgIpc) is 2.94. The van der Waals surface area contributed by atoms with Gasteiger partial charge in [0.25, 0.3) is 0 Å². The lowest BCUT2D eigenvalue weighted by Gasteiger charge is -2.31. The molecule has 1 aromatic carbocycles. The molecule has 0 N–H and O–H groups in total. The van der Waals surface area contributed by atoms with Crippen LogP contribution in [0.4, 0.5) is 0 Å². The SMILES string of the molecule is O=S(=O)(c1ccc2c(c1)OCCCO2)N1CCC[C@H](Oc2cnccn2)C1. The van der Waals surface area contributed by atoms with Crippen LogP contribution in [0.2, 0.25) is 0 Å². The van der Waals surface area contributed by atoms with Gasteiger partial charge in [-0.2, -0.15) is 4.31 Å². The van der Waals surface area contributed by atoms with E-state index in [9.17, 15) is 8.42 Å². The minimum Gasteiger partial charge on any atom is -0.490 e. The number of hydrogen-bond donors (Lipinski definition) is 0. The number of aromatic nitrogens is 2. The molecule has 0 radical (unpaired) electrons. The molecule has 4 rings (SSSR count). The molecule has 144 valence electrons. The topological polar surface area (TPSA) is 90.9 Å². The van der Waals surface area contributed by atoms with E-state index in [-0.39, 0.29) is 17.5 Å². The lowest BCUT2D eigenvalue weighted by molar-refractivity contribution is 0.124. The molecule has 1 fully saturated rings. The van der Waals surface area contributed by atoms with Crippen LogP contribution < -0.4 is 14.2 Å². The molecular formula is C18H21N3O5S. The first-order valence-electron chi connectivity index (χ1n) is 8.95. The maximum Gasteiger partial charge on any atom is 0.243 e. The van der Waals surface area contributed by atoms with Crippen molar-refractivity contribution in [1.82, 2.24) is 14.3 Å². The Bertz CT molecular complexity index is 891. The van der Waals surface area contributed by atoms with E-state index in [1.807, 2.05) is 0 Å². The smallest absolute Gasteiger partial charge is 0.243 e. The van der Waals surface area contributed by atoms with E-state index in [4.69, 9.17) is 14.2 Å². The first-order chi connectivity index (χ1) is 13.1. The van der Waals surface area contributed by atoms with E-state index in [1.54, 1.807) is 30.6 Å². The van der Waals surface area contributed by atoms with Crippen LogP contribution in [-0.4, -0.2) is 55.1 Å². The lowest BCUT2D eigenvalue weighted by atomic mass is 10.1. The molecule has 0 spiro atoms. The maximum atomic E-state index is 13.1. The van der Waals surface area contributed by atoms with Crippen molar-refractivity contribution in [2.75, 3.05) is 26.3 Å². The van der Waals surface area contributed by atoms with Gasteiger partial charge in [0.05, 0.1) is 30.9 Å². The zero-order chi connectivity index (χ0) is 18.7. The van der Waals surface area contributed by atoms with Crippen LogP contribution in [-0.2, 0) is 10.0 Å². The Hall–Kier alpha value is -2.39. The van der Waals surface area contributed by atoms with Crippen molar-refractivity contribution < 1.29 is 22.6 Å². The van der Waals surface area contributed by atoms with Crippen molar-refractivity contribution in [3.63, 3.8) is 0 Å². The third-order valence-corrected chi connectivity index (χ3v) is 6.39. The standard InChI is InChI=1S/C18H21N3O5S/c22-27(23,15-4-5-16-17(11-15)25-10-2-9-24-16)21-8-1-3-14(13-21)26-18-12-19-6-7-20-18/h4-7,11-12,14H,1-3,8-10,13H2/t14-/m0/s1. The van der Waals surface area contributed by atoms with Gasteiger partial charge in [-0.05, 0) is 25.0 Å². The summed E-state index contributed by atoms with van der Waals surface area (Å²) in [5.74, 6) is 1.45. The summed E-state index contributed by atoms with van der Waals surface area (Å²) >= 11 is 0. The third kappa shape index (κ3) is 3.98. The lowest BCUT2D eigenvalue weighted by Crippen LogP contribution is -2.44. The van der Waals surface area contributed by atoms with Gasteiger partial charge in [-0.15, -0.1) is 0 Å². The van der Waals surface area contributed by atoms with Crippen LogP contribution in [0, 0.1) is 0 Å². The van der Waals surface area contributed by atoms with Crippen molar-refractivity contribution >= 4 is 10.0 Å². The van der Waals surface area contributed by atoms with Gasteiger partial charge in [0.2, 0.25) is 15.9 Å². The number of piperidine rings is 1. The highest BCUT2D eigenvalue weighted by Gasteiger charge is 2.32. The quantitative estimate of drug-likeness (QED) is 0.786. The van der Waals surface area contributed by atoms with E-state index in [2.05, 4.69) is 9.97 Å². The fourth-order valence-electron chi connectivity index (χ4n) is 3.19. The zero-order valence-corrected chi connectivity index (χ0v) is 15.6. The van der Waals surface area contributed by atoms with Crippen LogP contribution in [0.15, 0.2) is 41.7 Å². The first kappa shape index (κ1) is 18.0. The number of hydrogen-bond acceptors (Lipinski definition) is 7. The van der Waals surface area contributed by atoms with E-state index in [1.165, 1.54) is 10.5 Å². The molecule has 2 aliphatic rings. The van der Waals surface area contributed by atoms with Crippen LogP contribution >= 0.6 is 0 Å². The molecule has 3 heterocycles. The van der Waals surface area contributed by atoms with Crippen molar-refractivity contribution in [3.8, 4) is 17.4 Å². The van der Waals surface area contributed by atoms with Gasteiger partial charge in [0.1, 0.15) is 6.10 Å². The molecule has 0 saturated carbocycles. The second-order valence-electron chi connectivity index (χ2n) is 6.45. The minimum absolute atomic E-state index is 0.201. The Morgan fingerprint density at radius 3 is 2.78 bits per heavy atom. The predicted molar refractivity (Wildman–Crippen MR) is 96.5 cm³/mol. The summed E-state index contributed by atoms with van der Waals surface area (Å²) in [4.78, 5) is 8.26. The molecule has 9 heteroatoms. The van der Waals surface area contributed by atoms with E-state index in [0.29, 0.717) is 43.6 Å². The molecule has 1 aromatic heterocycles.